The molecule has 0 spiro atoms. The SMILES string of the molecule is CCOC(=O)C[C@@H](O)Cc1ccc(-c2ccccc2)cc1. The van der Waals surface area contributed by atoms with Gasteiger partial charge in [0.15, 0.2) is 0 Å². The maximum Gasteiger partial charge on any atom is 0.308 e. The van der Waals surface area contributed by atoms with Gasteiger partial charge in [0, 0.05) is 0 Å². The number of aliphatic hydroxyl groups excluding tert-OH is 1. The van der Waals surface area contributed by atoms with Crippen molar-refractivity contribution >= 4 is 5.97 Å². The van der Waals surface area contributed by atoms with Crippen LogP contribution in [0, 0.1) is 0 Å². The predicted octanol–water partition coefficient (Wildman–Crippen LogP) is 3.21. The smallest absolute Gasteiger partial charge is 0.308 e. The summed E-state index contributed by atoms with van der Waals surface area (Å²) in [5.41, 5.74) is 3.31. The summed E-state index contributed by atoms with van der Waals surface area (Å²) in [6, 6.07) is 18.1. The van der Waals surface area contributed by atoms with Crippen LogP contribution < -0.4 is 0 Å². The normalized spacial score (nSPS) is 11.9. The Kier molecular flexibility index (Phi) is 5.52. The Morgan fingerprint density at radius 1 is 1.05 bits per heavy atom. The Bertz CT molecular complexity index is 561. The number of rotatable bonds is 6. The first-order valence-corrected chi connectivity index (χ1v) is 7.17. The highest BCUT2D eigenvalue weighted by Gasteiger charge is 2.12. The molecule has 0 bridgehead atoms. The fourth-order valence-corrected chi connectivity index (χ4v) is 2.22. The second kappa shape index (κ2) is 7.60. The molecular weight excluding hydrogens is 264 g/mol. The number of aliphatic hydroxyl groups is 1. The third-order valence-electron chi connectivity index (χ3n) is 3.24. The Morgan fingerprint density at radius 2 is 1.67 bits per heavy atom. The van der Waals surface area contributed by atoms with E-state index in [4.69, 9.17) is 4.74 Å². The summed E-state index contributed by atoms with van der Waals surface area (Å²) in [4.78, 5) is 11.3. The summed E-state index contributed by atoms with van der Waals surface area (Å²) in [6.45, 7) is 2.10. The van der Waals surface area contributed by atoms with Gasteiger partial charge >= 0.3 is 5.97 Å². The summed E-state index contributed by atoms with van der Waals surface area (Å²) >= 11 is 0. The number of carbonyl (C=O) groups is 1. The van der Waals surface area contributed by atoms with E-state index in [0.717, 1.165) is 16.7 Å². The van der Waals surface area contributed by atoms with Crippen molar-refractivity contribution in [2.75, 3.05) is 6.61 Å². The van der Waals surface area contributed by atoms with Gasteiger partial charge in [0.25, 0.3) is 0 Å². The minimum atomic E-state index is -0.702. The highest BCUT2D eigenvalue weighted by molar-refractivity contribution is 5.70. The third-order valence-corrected chi connectivity index (χ3v) is 3.24. The van der Waals surface area contributed by atoms with Gasteiger partial charge in [-0.25, -0.2) is 0 Å². The average Bonchev–Trinajstić information content (AvgIpc) is 2.49. The van der Waals surface area contributed by atoms with Crippen LogP contribution in [0.25, 0.3) is 11.1 Å². The molecule has 0 heterocycles. The number of hydrogen-bond acceptors (Lipinski definition) is 3. The Labute approximate surface area is 125 Å². The standard InChI is InChI=1S/C18H20O3/c1-2-21-18(20)13-17(19)12-14-8-10-16(11-9-14)15-6-4-3-5-7-15/h3-11,17,19H,2,12-13H2,1H3/t17-/m0/s1. The molecule has 0 amide bonds. The molecule has 0 fully saturated rings. The van der Waals surface area contributed by atoms with Crippen LogP contribution in [0.1, 0.15) is 18.9 Å². The lowest BCUT2D eigenvalue weighted by Crippen LogP contribution is -2.18. The van der Waals surface area contributed by atoms with Crippen molar-refractivity contribution in [3.8, 4) is 11.1 Å². The summed E-state index contributed by atoms with van der Waals surface area (Å²) in [7, 11) is 0. The van der Waals surface area contributed by atoms with E-state index >= 15 is 0 Å². The zero-order valence-electron chi connectivity index (χ0n) is 12.2. The molecule has 1 N–H and O–H groups in total. The second-order valence-electron chi connectivity index (χ2n) is 4.93. The molecule has 3 heteroatoms. The average molecular weight is 284 g/mol. The lowest BCUT2D eigenvalue weighted by molar-refractivity contribution is -0.145. The molecule has 0 unspecified atom stereocenters. The van der Waals surface area contributed by atoms with E-state index in [9.17, 15) is 9.90 Å². The maximum atomic E-state index is 11.3. The van der Waals surface area contributed by atoms with E-state index in [2.05, 4.69) is 12.1 Å². The highest BCUT2D eigenvalue weighted by Crippen LogP contribution is 2.20. The van der Waals surface area contributed by atoms with Crippen molar-refractivity contribution in [2.45, 2.75) is 25.9 Å². The van der Waals surface area contributed by atoms with E-state index in [-0.39, 0.29) is 12.4 Å². The molecule has 1 atom stereocenters. The highest BCUT2D eigenvalue weighted by atomic mass is 16.5. The van der Waals surface area contributed by atoms with Gasteiger partial charge in [0.05, 0.1) is 19.1 Å². The molecule has 0 aliphatic carbocycles. The van der Waals surface area contributed by atoms with Gasteiger partial charge in [-0.2, -0.15) is 0 Å². The lowest BCUT2D eigenvalue weighted by Gasteiger charge is -2.10. The van der Waals surface area contributed by atoms with E-state index < -0.39 is 6.10 Å². The fourth-order valence-electron chi connectivity index (χ4n) is 2.22. The van der Waals surface area contributed by atoms with Crippen LogP contribution in [-0.2, 0) is 16.0 Å². The summed E-state index contributed by atoms with van der Waals surface area (Å²) in [6.07, 6.45) is -0.214. The molecule has 3 nitrogen and oxygen atoms in total. The molecule has 21 heavy (non-hydrogen) atoms. The largest absolute Gasteiger partial charge is 0.466 e. The quantitative estimate of drug-likeness (QED) is 0.829. The Balaban J connectivity index is 1.95. The second-order valence-corrected chi connectivity index (χ2v) is 4.93. The molecule has 0 aliphatic heterocycles. The zero-order chi connectivity index (χ0) is 15.1. The van der Waals surface area contributed by atoms with E-state index in [1.54, 1.807) is 6.92 Å². The van der Waals surface area contributed by atoms with Gasteiger partial charge in [-0.05, 0) is 30.0 Å². The van der Waals surface area contributed by atoms with E-state index in [1.807, 2.05) is 42.5 Å². The number of ether oxygens (including phenoxy) is 1. The van der Waals surface area contributed by atoms with Crippen molar-refractivity contribution < 1.29 is 14.6 Å². The lowest BCUT2D eigenvalue weighted by atomic mass is 10.0. The van der Waals surface area contributed by atoms with Gasteiger partial charge < -0.3 is 9.84 Å². The van der Waals surface area contributed by atoms with Gasteiger partial charge in [-0.1, -0.05) is 54.6 Å². The van der Waals surface area contributed by atoms with Crippen LogP contribution in [0.2, 0.25) is 0 Å². The topological polar surface area (TPSA) is 46.5 Å². The van der Waals surface area contributed by atoms with Crippen LogP contribution in [0.5, 0.6) is 0 Å². The minimum Gasteiger partial charge on any atom is -0.466 e. The first-order valence-electron chi connectivity index (χ1n) is 7.17. The van der Waals surface area contributed by atoms with Crippen molar-refractivity contribution in [3.05, 3.63) is 60.2 Å². The van der Waals surface area contributed by atoms with E-state index in [0.29, 0.717) is 13.0 Å². The van der Waals surface area contributed by atoms with Crippen molar-refractivity contribution in [1.82, 2.24) is 0 Å². The van der Waals surface area contributed by atoms with Gasteiger partial charge in [0.2, 0.25) is 0 Å². The Morgan fingerprint density at radius 3 is 2.29 bits per heavy atom. The zero-order valence-corrected chi connectivity index (χ0v) is 12.2. The van der Waals surface area contributed by atoms with Gasteiger partial charge in [-0.3, -0.25) is 4.79 Å². The molecule has 0 aliphatic rings. The van der Waals surface area contributed by atoms with Crippen LogP contribution in [0.4, 0.5) is 0 Å². The van der Waals surface area contributed by atoms with Crippen molar-refractivity contribution in [2.24, 2.45) is 0 Å². The number of carbonyl (C=O) groups excluding carboxylic acids is 1. The molecule has 2 aromatic carbocycles. The monoisotopic (exact) mass is 284 g/mol. The summed E-state index contributed by atoms with van der Waals surface area (Å²) in [5.74, 6) is -0.356. The number of benzene rings is 2. The van der Waals surface area contributed by atoms with Gasteiger partial charge in [-0.15, -0.1) is 0 Å². The molecule has 0 saturated heterocycles. The van der Waals surface area contributed by atoms with Crippen LogP contribution in [0.3, 0.4) is 0 Å². The van der Waals surface area contributed by atoms with Crippen LogP contribution >= 0.6 is 0 Å². The first kappa shape index (κ1) is 15.3. The molecule has 0 radical (unpaired) electrons. The summed E-state index contributed by atoms with van der Waals surface area (Å²) in [5, 5.41) is 9.89. The molecule has 0 saturated carbocycles. The first-order chi connectivity index (χ1) is 10.2. The van der Waals surface area contributed by atoms with Crippen LogP contribution in [-0.4, -0.2) is 23.8 Å². The number of esters is 1. The van der Waals surface area contributed by atoms with Crippen molar-refractivity contribution in [1.29, 1.82) is 0 Å². The third kappa shape index (κ3) is 4.72. The minimum absolute atomic E-state index is 0.0360. The molecule has 110 valence electrons. The number of hydrogen-bond donors (Lipinski definition) is 1. The summed E-state index contributed by atoms with van der Waals surface area (Å²) < 4.78 is 4.83. The van der Waals surface area contributed by atoms with Gasteiger partial charge in [0.1, 0.15) is 0 Å². The molecular formula is C18H20O3. The molecule has 2 aromatic rings. The van der Waals surface area contributed by atoms with Crippen LogP contribution in [0.15, 0.2) is 54.6 Å². The Hall–Kier alpha value is -2.13. The molecule has 0 aromatic heterocycles. The molecule has 2 rings (SSSR count). The fraction of sp³-hybridized carbons (Fsp3) is 0.278. The van der Waals surface area contributed by atoms with Crippen molar-refractivity contribution in [3.63, 3.8) is 0 Å². The predicted molar refractivity (Wildman–Crippen MR) is 82.8 cm³/mol. The van der Waals surface area contributed by atoms with E-state index in [1.165, 1.54) is 0 Å². The maximum absolute atomic E-state index is 11.3.